The number of carbonyl (C=O) groups is 2. The van der Waals surface area contributed by atoms with Crippen LogP contribution in [-0.2, 0) is 9.59 Å². The number of hydrogen-bond acceptors (Lipinski definition) is 3. The van der Waals surface area contributed by atoms with Crippen molar-refractivity contribution in [1.82, 2.24) is 0 Å². The van der Waals surface area contributed by atoms with Crippen LogP contribution in [0.1, 0.15) is 13.8 Å². The first-order valence-corrected chi connectivity index (χ1v) is 2.71. The first-order valence-electron chi connectivity index (χ1n) is 2.71. The van der Waals surface area contributed by atoms with E-state index in [1.807, 2.05) is 0 Å². The van der Waals surface area contributed by atoms with Crippen LogP contribution < -0.4 is 0 Å². The molecule has 0 aliphatic rings. The molecule has 0 amide bonds. The Hall–Kier alpha value is -1.63. The molecule has 0 saturated carbocycles. The van der Waals surface area contributed by atoms with Gasteiger partial charge in [-0.3, -0.25) is 0 Å². The number of carboxylic acids is 1. The van der Waals surface area contributed by atoms with Gasteiger partial charge in [-0.05, 0) is 13.8 Å². The lowest BCUT2D eigenvalue weighted by atomic mass is 10.4. The van der Waals surface area contributed by atoms with Gasteiger partial charge in [-0.25, -0.2) is 4.79 Å². The number of Topliss-reactive ketones (excluding diaryl/α,β-unsaturated/α-hetero) is 1. The van der Waals surface area contributed by atoms with Gasteiger partial charge in [0, 0.05) is 0 Å². The Labute approximate surface area is 64.8 Å². The molecule has 0 rings (SSSR count). The van der Waals surface area contributed by atoms with Gasteiger partial charge in [0.1, 0.15) is 17.4 Å². The molecule has 0 aliphatic carbocycles. The van der Waals surface area contributed by atoms with Gasteiger partial charge in [-0.15, -0.1) is 0 Å². The Balaban J connectivity index is 0. The van der Waals surface area contributed by atoms with Crippen molar-refractivity contribution in [3.8, 4) is 6.07 Å². The Morgan fingerprint density at radius 1 is 1.45 bits per heavy atom. The molecular formula is C7H9NO3. The second-order valence-electron chi connectivity index (χ2n) is 1.80. The summed E-state index contributed by atoms with van der Waals surface area (Å²) in [7, 11) is 0. The van der Waals surface area contributed by atoms with Crippen molar-refractivity contribution in [2.24, 2.45) is 0 Å². The summed E-state index contributed by atoms with van der Waals surface area (Å²) < 4.78 is 0. The lowest BCUT2D eigenvalue weighted by Gasteiger charge is -1.76. The van der Waals surface area contributed by atoms with Crippen molar-refractivity contribution in [2.75, 3.05) is 0 Å². The molecule has 0 atom stereocenters. The summed E-state index contributed by atoms with van der Waals surface area (Å²) in [5.74, 6) is -1.09. The molecule has 0 fully saturated rings. The molecule has 0 saturated heterocycles. The quantitative estimate of drug-likeness (QED) is 0.447. The number of aliphatic carboxylic acids is 1. The summed E-state index contributed by atoms with van der Waals surface area (Å²) in [5, 5.41) is 15.6. The average molecular weight is 155 g/mol. The van der Waals surface area contributed by atoms with E-state index in [-0.39, 0.29) is 5.78 Å². The lowest BCUT2D eigenvalue weighted by Crippen LogP contribution is -1.94. The number of carbonyl (C=O) groups excluding carboxylic acids is 1. The van der Waals surface area contributed by atoms with Gasteiger partial charge in [0.05, 0.1) is 0 Å². The van der Waals surface area contributed by atoms with Gasteiger partial charge in [0.25, 0.3) is 0 Å². The molecule has 4 nitrogen and oxygen atoms in total. The molecule has 0 unspecified atom stereocenters. The summed E-state index contributed by atoms with van der Waals surface area (Å²) >= 11 is 0. The maximum absolute atomic E-state index is 9.61. The smallest absolute Gasteiger partial charge is 0.345 e. The molecule has 11 heavy (non-hydrogen) atoms. The third kappa shape index (κ3) is 17.8. The molecule has 0 spiro atoms. The van der Waals surface area contributed by atoms with Gasteiger partial charge in [-0.2, -0.15) is 5.26 Å². The third-order valence-electron chi connectivity index (χ3n) is 0.393. The summed E-state index contributed by atoms with van der Waals surface area (Å²) in [6.07, 6.45) is 0. The second-order valence-corrected chi connectivity index (χ2v) is 1.80. The predicted octanol–water partition coefficient (Wildman–Crippen LogP) is 0.746. The number of rotatable bonds is 1. The van der Waals surface area contributed by atoms with Crippen LogP contribution in [0.25, 0.3) is 0 Å². The first kappa shape index (κ1) is 12.1. The number of carboxylic acid groups (broad SMARTS) is 1. The van der Waals surface area contributed by atoms with E-state index in [0.29, 0.717) is 0 Å². The minimum absolute atomic E-state index is 0.167. The topological polar surface area (TPSA) is 78.2 Å². The molecule has 0 heterocycles. The number of nitriles is 1. The Kier molecular flexibility index (Phi) is 7.13. The fraction of sp³-hybridized carbons (Fsp3) is 0.286. The predicted molar refractivity (Wildman–Crippen MR) is 38.7 cm³/mol. The number of hydrogen-bond donors (Lipinski definition) is 1. The van der Waals surface area contributed by atoms with Gasteiger partial charge in [0.15, 0.2) is 0 Å². The van der Waals surface area contributed by atoms with Gasteiger partial charge >= 0.3 is 5.97 Å². The van der Waals surface area contributed by atoms with Crippen LogP contribution in [0.15, 0.2) is 12.2 Å². The van der Waals surface area contributed by atoms with Crippen LogP contribution in [0.4, 0.5) is 0 Å². The average Bonchev–Trinajstić information content (AvgIpc) is 1.85. The van der Waals surface area contributed by atoms with Crippen LogP contribution in [-0.4, -0.2) is 16.9 Å². The normalized spacial score (nSPS) is 6.64. The molecule has 4 heteroatoms. The maximum atomic E-state index is 9.61. The molecule has 1 N–H and O–H groups in total. The summed E-state index contributed by atoms with van der Waals surface area (Å²) in [6, 6.07) is 1.37. The van der Waals surface area contributed by atoms with E-state index in [4.69, 9.17) is 10.4 Å². The molecule has 0 aliphatic heterocycles. The standard InChI is InChI=1S/C4H3NO2.C3H6O/c1-3(2-5)4(6)7;1-3(2)4/h1H2,(H,6,7);1-2H3. The highest BCUT2D eigenvalue weighted by Crippen LogP contribution is 1.81. The van der Waals surface area contributed by atoms with Gasteiger partial charge < -0.3 is 9.90 Å². The van der Waals surface area contributed by atoms with Crippen molar-refractivity contribution in [2.45, 2.75) is 13.8 Å². The van der Waals surface area contributed by atoms with Crippen molar-refractivity contribution in [1.29, 1.82) is 5.26 Å². The van der Waals surface area contributed by atoms with E-state index < -0.39 is 11.5 Å². The highest BCUT2D eigenvalue weighted by molar-refractivity contribution is 5.90. The molecule has 0 bridgehead atoms. The SMILES string of the molecule is C=C(C#N)C(=O)O.CC(C)=O. The Morgan fingerprint density at radius 2 is 1.73 bits per heavy atom. The molecular weight excluding hydrogens is 146 g/mol. The number of nitrogens with zero attached hydrogens (tertiary/aromatic N) is 1. The van der Waals surface area contributed by atoms with Crippen LogP contribution in [0.2, 0.25) is 0 Å². The second kappa shape index (κ2) is 6.49. The van der Waals surface area contributed by atoms with E-state index in [9.17, 15) is 9.59 Å². The van der Waals surface area contributed by atoms with Crippen LogP contribution in [0.5, 0.6) is 0 Å². The molecule has 0 aromatic carbocycles. The van der Waals surface area contributed by atoms with E-state index in [2.05, 4.69) is 6.58 Å². The zero-order valence-corrected chi connectivity index (χ0v) is 6.42. The van der Waals surface area contributed by atoms with Crippen molar-refractivity contribution in [3.05, 3.63) is 12.2 Å². The minimum Gasteiger partial charge on any atom is -0.477 e. The van der Waals surface area contributed by atoms with E-state index in [0.717, 1.165) is 0 Å². The van der Waals surface area contributed by atoms with Crippen LogP contribution in [0, 0.1) is 11.3 Å². The molecule has 0 radical (unpaired) electrons. The Bertz CT molecular complexity index is 208. The van der Waals surface area contributed by atoms with E-state index in [1.165, 1.54) is 19.9 Å². The lowest BCUT2D eigenvalue weighted by molar-refractivity contribution is -0.132. The van der Waals surface area contributed by atoms with Crippen LogP contribution in [0.3, 0.4) is 0 Å². The largest absolute Gasteiger partial charge is 0.477 e. The highest BCUT2D eigenvalue weighted by Gasteiger charge is 1.97. The highest BCUT2D eigenvalue weighted by atomic mass is 16.4. The summed E-state index contributed by atoms with van der Waals surface area (Å²) in [6.45, 7) is 5.97. The zero-order chi connectivity index (χ0) is 9.44. The summed E-state index contributed by atoms with van der Waals surface area (Å²) in [5.41, 5.74) is -0.431. The van der Waals surface area contributed by atoms with Gasteiger partial charge in [-0.1, -0.05) is 6.58 Å². The van der Waals surface area contributed by atoms with Crippen molar-refractivity contribution >= 4 is 11.8 Å². The number of ketones is 1. The zero-order valence-electron chi connectivity index (χ0n) is 6.42. The molecule has 0 aromatic heterocycles. The monoisotopic (exact) mass is 155 g/mol. The fourth-order valence-electron chi connectivity index (χ4n) is 0.0478. The Morgan fingerprint density at radius 3 is 1.73 bits per heavy atom. The van der Waals surface area contributed by atoms with Crippen molar-refractivity contribution in [3.63, 3.8) is 0 Å². The van der Waals surface area contributed by atoms with E-state index in [1.54, 1.807) is 0 Å². The van der Waals surface area contributed by atoms with Gasteiger partial charge in [0.2, 0.25) is 0 Å². The van der Waals surface area contributed by atoms with Crippen molar-refractivity contribution < 1.29 is 14.7 Å². The summed E-state index contributed by atoms with van der Waals surface area (Å²) in [4.78, 5) is 19.1. The fourth-order valence-corrected chi connectivity index (χ4v) is 0.0478. The molecule has 0 aromatic rings. The first-order chi connectivity index (χ1) is 4.91. The minimum atomic E-state index is -1.26. The third-order valence-corrected chi connectivity index (χ3v) is 0.393. The van der Waals surface area contributed by atoms with E-state index >= 15 is 0 Å². The van der Waals surface area contributed by atoms with Crippen LogP contribution >= 0.6 is 0 Å². The molecule has 60 valence electrons. The maximum Gasteiger partial charge on any atom is 0.345 e.